The Hall–Kier alpha value is -0.870. The Morgan fingerprint density at radius 3 is 2.45 bits per heavy atom. The van der Waals surface area contributed by atoms with E-state index in [1.54, 1.807) is 12.1 Å². The SMILES string of the molecule is Fc1ccc(NC(=S)NC2CCCCCCC2)cc1Cl. The second-order valence-corrected chi connectivity index (χ2v) is 6.08. The summed E-state index contributed by atoms with van der Waals surface area (Å²) in [4.78, 5) is 0. The van der Waals surface area contributed by atoms with Crippen LogP contribution in [0.1, 0.15) is 44.9 Å². The first-order valence-electron chi connectivity index (χ1n) is 7.18. The summed E-state index contributed by atoms with van der Waals surface area (Å²) in [5.41, 5.74) is 0.708. The summed E-state index contributed by atoms with van der Waals surface area (Å²) in [6, 6.07) is 4.95. The molecule has 0 heterocycles. The Morgan fingerprint density at radius 2 is 1.80 bits per heavy atom. The van der Waals surface area contributed by atoms with Crippen LogP contribution in [0.4, 0.5) is 10.1 Å². The number of benzene rings is 1. The molecule has 0 spiro atoms. The van der Waals surface area contributed by atoms with Crippen molar-refractivity contribution < 1.29 is 4.39 Å². The summed E-state index contributed by atoms with van der Waals surface area (Å²) in [5, 5.41) is 7.10. The van der Waals surface area contributed by atoms with Gasteiger partial charge in [0.15, 0.2) is 5.11 Å². The highest BCUT2D eigenvalue weighted by molar-refractivity contribution is 7.80. The monoisotopic (exact) mass is 314 g/mol. The van der Waals surface area contributed by atoms with Crippen molar-refractivity contribution in [2.75, 3.05) is 5.32 Å². The molecule has 0 radical (unpaired) electrons. The van der Waals surface area contributed by atoms with E-state index in [2.05, 4.69) is 10.6 Å². The van der Waals surface area contributed by atoms with Gasteiger partial charge in [0, 0.05) is 11.7 Å². The van der Waals surface area contributed by atoms with E-state index in [0.717, 1.165) is 12.8 Å². The highest BCUT2D eigenvalue weighted by Crippen LogP contribution is 2.20. The van der Waals surface area contributed by atoms with Gasteiger partial charge in [0.25, 0.3) is 0 Å². The molecule has 1 aromatic rings. The van der Waals surface area contributed by atoms with E-state index in [0.29, 0.717) is 16.8 Å². The van der Waals surface area contributed by atoms with Gasteiger partial charge in [-0.1, -0.05) is 43.7 Å². The first-order valence-corrected chi connectivity index (χ1v) is 7.96. The van der Waals surface area contributed by atoms with Gasteiger partial charge < -0.3 is 10.6 Å². The first kappa shape index (κ1) is 15.5. The number of thiocarbonyl (C=S) groups is 1. The average molecular weight is 315 g/mol. The van der Waals surface area contributed by atoms with Gasteiger partial charge in [0.2, 0.25) is 0 Å². The first-order chi connectivity index (χ1) is 9.65. The third-order valence-electron chi connectivity index (χ3n) is 3.62. The van der Waals surface area contributed by atoms with Crippen molar-refractivity contribution in [1.82, 2.24) is 5.32 Å². The summed E-state index contributed by atoms with van der Waals surface area (Å²) in [5.74, 6) is -0.420. The number of hydrogen-bond donors (Lipinski definition) is 2. The van der Waals surface area contributed by atoms with E-state index in [1.165, 1.54) is 38.2 Å². The van der Waals surface area contributed by atoms with E-state index in [9.17, 15) is 4.39 Å². The summed E-state index contributed by atoms with van der Waals surface area (Å²) in [6.07, 6.45) is 8.80. The zero-order valence-corrected chi connectivity index (χ0v) is 13.0. The van der Waals surface area contributed by atoms with E-state index in [1.807, 2.05) is 0 Å². The molecule has 2 N–H and O–H groups in total. The summed E-state index contributed by atoms with van der Waals surface area (Å²) >= 11 is 11.1. The minimum atomic E-state index is -0.420. The summed E-state index contributed by atoms with van der Waals surface area (Å²) in [7, 11) is 0. The molecule has 1 aliphatic rings. The summed E-state index contributed by atoms with van der Waals surface area (Å²) < 4.78 is 13.1. The molecule has 0 unspecified atom stereocenters. The average Bonchev–Trinajstić information content (AvgIpc) is 2.37. The second kappa shape index (κ2) is 7.79. The Morgan fingerprint density at radius 1 is 1.15 bits per heavy atom. The minimum Gasteiger partial charge on any atom is -0.360 e. The predicted molar refractivity (Wildman–Crippen MR) is 86.9 cm³/mol. The van der Waals surface area contributed by atoms with Crippen LogP contribution in [0.2, 0.25) is 5.02 Å². The zero-order chi connectivity index (χ0) is 14.4. The van der Waals surface area contributed by atoms with Crippen LogP contribution in [0.5, 0.6) is 0 Å². The van der Waals surface area contributed by atoms with Gasteiger partial charge in [-0.3, -0.25) is 0 Å². The molecule has 1 saturated carbocycles. The van der Waals surface area contributed by atoms with Crippen LogP contribution >= 0.6 is 23.8 Å². The molecule has 0 aliphatic heterocycles. The van der Waals surface area contributed by atoms with E-state index >= 15 is 0 Å². The van der Waals surface area contributed by atoms with Crippen LogP contribution in [-0.2, 0) is 0 Å². The number of rotatable bonds is 2. The largest absolute Gasteiger partial charge is 0.360 e. The van der Waals surface area contributed by atoms with Crippen molar-refractivity contribution in [3.05, 3.63) is 29.0 Å². The Labute approximate surface area is 130 Å². The molecule has 2 nitrogen and oxygen atoms in total. The maximum atomic E-state index is 13.1. The van der Waals surface area contributed by atoms with Gasteiger partial charge in [0.05, 0.1) is 5.02 Å². The highest BCUT2D eigenvalue weighted by Gasteiger charge is 2.12. The predicted octanol–water partition coefficient (Wildman–Crippen LogP) is 4.88. The molecule has 110 valence electrons. The maximum Gasteiger partial charge on any atom is 0.170 e. The van der Waals surface area contributed by atoms with Crippen LogP contribution in [-0.4, -0.2) is 11.2 Å². The van der Waals surface area contributed by atoms with Gasteiger partial charge in [-0.2, -0.15) is 0 Å². The molecule has 20 heavy (non-hydrogen) atoms. The lowest BCUT2D eigenvalue weighted by molar-refractivity contribution is 0.430. The zero-order valence-electron chi connectivity index (χ0n) is 11.4. The van der Waals surface area contributed by atoms with Crippen molar-refractivity contribution in [2.45, 2.75) is 51.0 Å². The molecule has 0 saturated heterocycles. The smallest absolute Gasteiger partial charge is 0.170 e. The van der Waals surface area contributed by atoms with Crippen LogP contribution in [0.15, 0.2) is 18.2 Å². The van der Waals surface area contributed by atoms with Gasteiger partial charge in [-0.25, -0.2) is 4.39 Å². The second-order valence-electron chi connectivity index (χ2n) is 5.27. The van der Waals surface area contributed by atoms with Crippen molar-refractivity contribution >= 4 is 34.6 Å². The fourth-order valence-corrected chi connectivity index (χ4v) is 2.99. The number of halogens is 2. The molecule has 0 bridgehead atoms. The van der Waals surface area contributed by atoms with Gasteiger partial charge in [0.1, 0.15) is 5.82 Å². The quantitative estimate of drug-likeness (QED) is 0.761. The number of hydrogen-bond acceptors (Lipinski definition) is 1. The molecule has 5 heteroatoms. The van der Waals surface area contributed by atoms with Gasteiger partial charge >= 0.3 is 0 Å². The molecule has 0 aromatic heterocycles. The third-order valence-corrected chi connectivity index (χ3v) is 4.13. The fourth-order valence-electron chi connectivity index (χ4n) is 2.53. The van der Waals surface area contributed by atoms with Crippen molar-refractivity contribution in [3.8, 4) is 0 Å². The molecule has 2 rings (SSSR count). The van der Waals surface area contributed by atoms with Crippen molar-refractivity contribution in [1.29, 1.82) is 0 Å². The fraction of sp³-hybridized carbons (Fsp3) is 0.533. The summed E-state index contributed by atoms with van der Waals surface area (Å²) in [6.45, 7) is 0. The van der Waals surface area contributed by atoms with Crippen molar-refractivity contribution in [3.63, 3.8) is 0 Å². The van der Waals surface area contributed by atoms with Crippen LogP contribution in [0.25, 0.3) is 0 Å². The lowest BCUT2D eigenvalue weighted by Crippen LogP contribution is -2.38. The van der Waals surface area contributed by atoms with Gasteiger partial charge in [-0.15, -0.1) is 0 Å². The van der Waals surface area contributed by atoms with Crippen LogP contribution in [0.3, 0.4) is 0 Å². The molecular weight excluding hydrogens is 295 g/mol. The van der Waals surface area contributed by atoms with E-state index < -0.39 is 5.82 Å². The van der Waals surface area contributed by atoms with Crippen LogP contribution < -0.4 is 10.6 Å². The standard InChI is InChI=1S/C15H20ClFN2S/c16-13-10-12(8-9-14(13)17)19-15(20)18-11-6-4-2-1-3-5-7-11/h8-11H,1-7H2,(H2,18,19,20). The molecule has 1 aromatic carbocycles. The molecule has 0 atom stereocenters. The molecule has 1 fully saturated rings. The minimum absolute atomic E-state index is 0.101. The molecule has 1 aliphatic carbocycles. The Balaban J connectivity index is 1.85. The maximum absolute atomic E-state index is 13.1. The number of nitrogens with one attached hydrogen (secondary N) is 2. The molecule has 0 amide bonds. The van der Waals surface area contributed by atoms with Gasteiger partial charge in [-0.05, 0) is 43.3 Å². The third kappa shape index (κ3) is 4.91. The Bertz CT molecular complexity index is 459. The normalized spacial score (nSPS) is 17.1. The van der Waals surface area contributed by atoms with Crippen LogP contribution in [0, 0.1) is 5.82 Å². The topological polar surface area (TPSA) is 24.1 Å². The van der Waals surface area contributed by atoms with E-state index in [4.69, 9.17) is 23.8 Å². The highest BCUT2D eigenvalue weighted by atomic mass is 35.5. The lowest BCUT2D eigenvalue weighted by Gasteiger charge is -2.22. The lowest BCUT2D eigenvalue weighted by atomic mass is 9.97. The van der Waals surface area contributed by atoms with Crippen molar-refractivity contribution in [2.24, 2.45) is 0 Å². The van der Waals surface area contributed by atoms with E-state index in [-0.39, 0.29) is 5.02 Å². The molecular formula is C15H20ClFN2S. The Kier molecular flexibility index (Phi) is 6.05. The number of anilines is 1.